The highest BCUT2D eigenvalue weighted by molar-refractivity contribution is 7.98. The van der Waals surface area contributed by atoms with Crippen LogP contribution in [0.4, 0.5) is 0 Å². The van der Waals surface area contributed by atoms with Gasteiger partial charge in [0, 0.05) is 48.4 Å². The molecule has 0 saturated carbocycles. The lowest BCUT2D eigenvalue weighted by molar-refractivity contribution is 0.519. The van der Waals surface area contributed by atoms with E-state index in [1.807, 2.05) is 28.6 Å². The molecule has 3 rings (SSSR count). The number of hydrogen-bond donors (Lipinski definition) is 1. The maximum atomic E-state index is 13.1. The van der Waals surface area contributed by atoms with Gasteiger partial charge in [0.05, 0.1) is 11.7 Å². The first-order valence-corrected chi connectivity index (χ1v) is 10.5. The van der Waals surface area contributed by atoms with E-state index in [9.17, 15) is 4.79 Å². The zero-order valence-electron chi connectivity index (χ0n) is 16.7. The normalized spacial score (nSPS) is 11.6. The summed E-state index contributed by atoms with van der Waals surface area (Å²) < 4.78 is 3.80. The number of nitrogens with one attached hydrogen (secondary N) is 1. The fourth-order valence-corrected chi connectivity index (χ4v) is 3.69. The largest absolute Gasteiger partial charge is 0.308 e. The standard InChI is InChI=1S/C21H28N4OS/c1-14(2)13-25-20-9-19(27-5)7-6-16(20)8-17(21(25)26)10-22-11-18-12-23-24(4)15(18)3/h6-9,12,14,22H,10-11,13H2,1-5H3. The van der Waals surface area contributed by atoms with E-state index >= 15 is 0 Å². The van der Waals surface area contributed by atoms with E-state index in [1.54, 1.807) is 11.8 Å². The van der Waals surface area contributed by atoms with Gasteiger partial charge in [-0.05, 0) is 42.7 Å². The van der Waals surface area contributed by atoms with Crippen LogP contribution >= 0.6 is 11.8 Å². The molecule has 0 aliphatic carbocycles. The number of rotatable bonds is 7. The van der Waals surface area contributed by atoms with Crippen molar-refractivity contribution in [2.24, 2.45) is 13.0 Å². The Morgan fingerprint density at radius 3 is 2.56 bits per heavy atom. The van der Waals surface area contributed by atoms with E-state index in [0.29, 0.717) is 19.0 Å². The smallest absolute Gasteiger partial charge is 0.255 e. The molecule has 0 aliphatic rings. The van der Waals surface area contributed by atoms with Crippen LogP contribution in [0.15, 0.2) is 40.2 Å². The Bertz CT molecular complexity index is 1000. The summed E-state index contributed by atoms with van der Waals surface area (Å²) >= 11 is 1.70. The predicted molar refractivity (Wildman–Crippen MR) is 113 cm³/mol. The molecule has 3 aromatic rings. The van der Waals surface area contributed by atoms with Crippen LogP contribution in [-0.2, 0) is 26.7 Å². The highest BCUT2D eigenvalue weighted by Gasteiger charge is 2.12. The first-order chi connectivity index (χ1) is 12.9. The maximum absolute atomic E-state index is 13.1. The van der Waals surface area contributed by atoms with E-state index in [-0.39, 0.29) is 5.56 Å². The van der Waals surface area contributed by atoms with E-state index in [4.69, 9.17) is 0 Å². The molecule has 0 atom stereocenters. The summed E-state index contributed by atoms with van der Waals surface area (Å²) in [6.45, 7) is 8.32. The minimum Gasteiger partial charge on any atom is -0.308 e. The third kappa shape index (κ3) is 4.28. The molecule has 0 fully saturated rings. The molecule has 0 unspecified atom stereocenters. The van der Waals surface area contributed by atoms with Gasteiger partial charge in [-0.1, -0.05) is 19.9 Å². The summed E-state index contributed by atoms with van der Waals surface area (Å²) in [6.07, 6.45) is 3.94. The molecule has 0 aliphatic heterocycles. The van der Waals surface area contributed by atoms with Crippen LogP contribution in [0, 0.1) is 12.8 Å². The summed E-state index contributed by atoms with van der Waals surface area (Å²) in [5, 5.41) is 8.80. The van der Waals surface area contributed by atoms with Gasteiger partial charge in [-0.2, -0.15) is 5.10 Å². The van der Waals surface area contributed by atoms with Gasteiger partial charge in [-0.3, -0.25) is 9.48 Å². The van der Waals surface area contributed by atoms with Crippen molar-refractivity contribution in [3.63, 3.8) is 0 Å². The van der Waals surface area contributed by atoms with Crippen LogP contribution < -0.4 is 10.9 Å². The Morgan fingerprint density at radius 1 is 1.19 bits per heavy atom. The zero-order chi connectivity index (χ0) is 19.6. The molecule has 144 valence electrons. The Labute approximate surface area is 164 Å². The summed E-state index contributed by atoms with van der Waals surface area (Å²) in [4.78, 5) is 14.3. The quantitative estimate of drug-likeness (QED) is 0.631. The molecule has 5 nitrogen and oxygen atoms in total. The third-order valence-electron chi connectivity index (χ3n) is 4.89. The third-order valence-corrected chi connectivity index (χ3v) is 5.62. The van der Waals surface area contributed by atoms with Crippen LogP contribution in [-0.4, -0.2) is 20.6 Å². The van der Waals surface area contributed by atoms with Crippen molar-refractivity contribution in [2.75, 3.05) is 6.26 Å². The molecule has 0 spiro atoms. The molecule has 27 heavy (non-hydrogen) atoms. The van der Waals surface area contributed by atoms with Crippen LogP contribution in [0.2, 0.25) is 0 Å². The molecule has 2 heterocycles. The molecule has 1 aromatic carbocycles. The first-order valence-electron chi connectivity index (χ1n) is 9.29. The first kappa shape index (κ1) is 19.7. The van der Waals surface area contributed by atoms with E-state index in [2.05, 4.69) is 55.6 Å². The Kier molecular flexibility index (Phi) is 6.07. The van der Waals surface area contributed by atoms with Crippen molar-refractivity contribution in [3.8, 4) is 0 Å². The Hall–Kier alpha value is -2.05. The minimum absolute atomic E-state index is 0.102. The van der Waals surface area contributed by atoms with Gasteiger partial charge in [0.1, 0.15) is 0 Å². The van der Waals surface area contributed by atoms with Crippen molar-refractivity contribution in [1.29, 1.82) is 0 Å². The van der Waals surface area contributed by atoms with Crippen molar-refractivity contribution < 1.29 is 0 Å². The second-order valence-electron chi connectivity index (χ2n) is 7.39. The highest BCUT2D eigenvalue weighted by atomic mass is 32.2. The number of fused-ring (bicyclic) bond motifs is 1. The topological polar surface area (TPSA) is 51.9 Å². The molecular formula is C21H28N4OS. The van der Waals surface area contributed by atoms with Crippen molar-refractivity contribution in [1.82, 2.24) is 19.7 Å². The average molecular weight is 385 g/mol. The van der Waals surface area contributed by atoms with Crippen molar-refractivity contribution in [2.45, 2.75) is 45.3 Å². The van der Waals surface area contributed by atoms with Gasteiger partial charge < -0.3 is 9.88 Å². The SMILES string of the molecule is CSc1ccc2cc(CNCc3cnn(C)c3C)c(=O)n(CC(C)C)c2c1. The Morgan fingerprint density at radius 2 is 1.93 bits per heavy atom. The summed E-state index contributed by atoms with van der Waals surface area (Å²) in [5.41, 5.74) is 4.23. The van der Waals surface area contributed by atoms with Gasteiger partial charge in [0.15, 0.2) is 0 Å². The molecule has 0 amide bonds. The fourth-order valence-electron chi connectivity index (χ4n) is 3.26. The predicted octanol–water partition coefficient (Wildman–Crippen LogP) is 3.71. The van der Waals surface area contributed by atoms with Crippen LogP contribution in [0.5, 0.6) is 0 Å². The van der Waals surface area contributed by atoms with Crippen LogP contribution in [0.1, 0.15) is 30.7 Å². The lowest BCUT2D eigenvalue weighted by atomic mass is 10.1. The van der Waals surface area contributed by atoms with E-state index in [0.717, 1.165) is 34.3 Å². The van der Waals surface area contributed by atoms with Crippen molar-refractivity contribution in [3.05, 3.63) is 57.6 Å². The highest BCUT2D eigenvalue weighted by Crippen LogP contribution is 2.22. The van der Waals surface area contributed by atoms with Crippen LogP contribution in [0.25, 0.3) is 10.9 Å². The molecule has 0 saturated heterocycles. The number of thioether (sulfide) groups is 1. The average Bonchev–Trinajstić information content (AvgIpc) is 2.96. The number of benzene rings is 1. The second kappa shape index (κ2) is 8.31. The number of nitrogens with zero attached hydrogens (tertiary/aromatic N) is 3. The van der Waals surface area contributed by atoms with Crippen molar-refractivity contribution >= 4 is 22.7 Å². The van der Waals surface area contributed by atoms with Gasteiger partial charge in [-0.15, -0.1) is 11.8 Å². The van der Waals surface area contributed by atoms with Gasteiger partial charge in [0.2, 0.25) is 0 Å². The van der Waals surface area contributed by atoms with Crippen LogP contribution in [0.3, 0.4) is 0 Å². The molecule has 6 heteroatoms. The number of aryl methyl sites for hydroxylation is 1. The number of pyridine rings is 1. The van der Waals surface area contributed by atoms with E-state index < -0.39 is 0 Å². The van der Waals surface area contributed by atoms with Gasteiger partial charge in [0.25, 0.3) is 5.56 Å². The minimum atomic E-state index is 0.102. The summed E-state index contributed by atoms with van der Waals surface area (Å²) in [6, 6.07) is 8.39. The lowest BCUT2D eigenvalue weighted by Crippen LogP contribution is -2.29. The van der Waals surface area contributed by atoms with E-state index in [1.165, 1.54) is 4.90 Å². The lowest BCUT2D eigenvalue weighted by Gasteiger charge is -2.16. The molecule has 0 radical (unpaired) electrons. The number of aromatic nitrogens is 3. The summed E-state index contributed by atoms with van der Waals surface area (Å²) in [5.74, 6) is 0.407. The second-order valence-corrected chi connectivity index (χ2v) is 8.27. The number of hydrogen-bond acceptors (Lipinski definition) is 4. The molecular weight excluding hydrogens is 356 g/mol. The summed E-state index contributed by atoms with van der Waals surface area (Å²) in [7, 11) is 1.94. The maximum Gasteiger partial charge on any atom is 0.255 e. The van der Waals surface area contributed by atoms with Gasteiger partial charge in [-0.25, -0.2) is 0 Å². The van der Waals surface area contributed by atoms with Gasteiger partial charge >= 0.3 is 0 Å². The molecule has 0 bridgehead atoms. The molecule has 2 aromatic heterocycles. The zero-order valence-corrected chi connectivity index (χ0v) is 17.6. The monoisotopic (exact) mass is 384 g/mol. The Balaban J connectivity index is 1.91. The molecule has 1 N–H and O–H groups in total. The fraction of sp³-hybridized carbons (Fsp3) is 0.429.